The van der Waals surface area contributed by atoms with Crippen molar-refractivity contribution in [3.63, 3.8) is 0 Å². The minimum Gasteiger partial charge on any atom is -0.481 e. The number of rotatable bonds is 5. The molecule has 7 heteroatoms. The first kappa shape index (κ1) is 12.5. The van der Waals surface area contributed by atoms with Gasteiger partial charge in [-0.05, 0) is 6.42 Å². The van der Waals surface area contributed by atoms with Crippen LogP contribution in [0.2, 0.25) is 0 Å². The molecule has 3 unspecified atom stereocenters. The number of fused-ring (bicyclic) bond motifs is 2. The lowest BCUT2D eigenvalue weighted by atomic mass is 10.1. The number of carboxylic acids is 1. The molecule has 0 aromatic carbocycles. The Morgan fingerprint density at radius 2 is 2.24 bits per heavy atom. The number of carbonyl (C=O) groups is 1. The van der Waals surface area contributed by atoms with Gasteiger partial charge in [-0.1, -0.05) is 12.2 Å². The van der Waals surface area contributed by atoms with Gasteiger partial charge in [0.1, 0.15) is 5.25 Å². The maximum atomic E-state index is 12.2. The summed E-state index contributed by atoms with van der Waals surface area (Å²) in [4.78, 5) is 10.4. The maximum absolute atomic E-state index is 12.2. The fourth-order valence-electron chi connectivity index (χ4n) is 2.14. The zero-order chi connectivity index (χ0) is 12.6. The van der Waals surface area contributed by atoms with Crippen molar-refractivity contribution in [1.29, 1.82) is 0 Å². The summed E-state index contributed by atoms with van der Waals surface area (Å²) in [6.45, 7) is -0.00469. The molecule has 2 bridgehead atoms. The third-order valence-corrected chi connectivity index (χ3v) is 5.41. The minimum atomic E-state index is -3.47. The predicted molar refractivity (Wildman–Crippen MR) is 60.0 cm³/mol. The molecule has 0 aliphatic carbocycles. The average Bonchev–Trinajstić information content (AvgIpc) is 2.87. The van der Waals surface area contributed by atoms with E-state index in [0.717, 1.165) is 4.31 Å². The van der Waals surface area contributed by atoms with Gasteiger partial charge in [0.2, 0.25) is 10.0 Å². The molecule has 0 radical (unpaired) electrons. The van der Waals surface area contributed by atoms with Gasteiger partial charge in [-0.3, -0.25) is 4.79 Å². The first-order valence-corrected chi connectivity index (χ1v) is 6.92. The Kier molecular flexibility index (Phi) is 3.24. The second kappa shape index (κ2) is 4.40. The highest BCUT2D eigenvalue weighted by molar-refractivity contribution is 7.89. The van der Waals surface area contributed by atoms with E-state index >= 15 is 0 Å². The largest absolute Gasteiger partial charge is 0.481 e. The minimum absolute atomic E-state index is 0.00469. The molecule has 2 rings (SSSR count). The predicted octanol–water partition coefficient (Wildman–Crippen LogP) is -0.181. The summed E-state index contributed by atoms with van der Waals surface area (Å²) in [5.74, 6) is -1.00. The molecular weight excluding hydrogens is 246 g/mol. The van der Waals surface area contributed by atoms with Gasteiger partial charge < -0.3 is 9.84 Å². The highest BCUT2D eigenvalue weighted by Gasteiger charge is 2.45. The quantitative estimate of drug-likeness (QED) is 0.694. The summed E-state index contributed by atoms with van der Waals surface area (Å²) >= 11 is 0. The van der Waals surface area contributed by atoms with Crippen LogP contribution in [0.5, 0.6) is 0 Å². The fourth-order valence-corrected chi connectivity index (χ4v) is 3.87. The number of nitrogens with zero attached hydrogens (tertiary/aromatic N) is 1. The van der Waals surface area contributed by atoms with E-state index in [1.54, 1.807) is 6.08 Å². The molecule has 17 heavy (non-hydrogen) atoms. The highest BCUT2D eigenvalue weighted by Crippen LogP contribution is 2.34. The molecule has 0 spiro atoms. The van der Waals surface area contributed by atoms with Crippen LogP contribution in [0.1, 0.15) is 12.8 Å². The molecule has 2 aliphatic heterocycles. The van der Waals surface area contributed by atoms with E-state index in [-0.39, 0.29) is 25.2 Å². The van der Waals surface area contributed by atoms with Gasteiger partial charge in [0.15, 0.2) is 0 Å². The molecular formula is C10H15NO5S. The molecule has 1 saturated heterocycles. The standard InChI is InChI=1S/C10H15NO5S/c1-11(5-4-10(12)13)17(14,15)9-6-7-2-3-8(9)16-7/h2-3,7-9H,4-6H2,1H3,(H,12,13). The van der Waals surface area contributed by atoms with Crippen LogP contribution in [0.4, 0.5) is 0 Å². The lowest BCUT2D eigenvalue weighted by Crippen LogP contribution is -2.41. The van der Waals surface area contributed by atoms with Crippen molar-refractivity contribution >= 4 is 16.0 Å². The van der Waals surface area contributed by atoms with Crippen LogP contribution in [0.15, 0.2) is 12.2 Å². The summed E-state index contributed by atoms with van der Waals surface area (Å²) in [6, 6.07) is 0. The Hall–Kier alpha value is -0.920. The van der Waals surface area contributed by atoms with E-state index in [1.165, 1.54) is 7.05 Å². The van der Waals surface area contributed by atoms with E-state index in [0.29, 0.717) is 6.42 Å². The van der Waals surface area contributed by atoms with Crippen molar-refractivity contribution in [2.45, 2.75) is 30.3 Å². The van der Waals surface area contributed by atoms with Crippen molar-refractivity contribution in [1.82, 2.24) is 4.31 Å². The van der Waals surface area contributed by atoms with Crippen LogP contribution in [0, 0.1) is 0 Å². The van der Waals surface area contributed by atoms with Crippen LogP contribution in [-0.4, -0.2) is 54.8 Å². The molecule has 1 N–H and O–H groups in total. The third kappa shape index (κ3) is 2.36. The smallest absolute Gasteiger partial charge is 0.304 e. The van der Waals surface area contributed by atoms with Crippen LogP contribution in [-0.2, 0) is 19.6 Å². The molecule has 0 aromatic heterocycles. The molecule has 6 nitrogen and oxygen atoms in total. The summed E-state index contributed by atoms with van der Waals surface area (Å²) in [5, 5.41) is 7.97. The second-order valence-corrected chi connectivity index (χ2v) is 6.57. The van der Waals surface area contributed by atoms with Crippen LogP contribution in [0.25, 0.3) is 0 Å². The van der Waals surface area contributed by atoms with Gasteiger partial charge >= 0.3 is 5.97 Å². The third-order valence-electron chi connectivity index (χ3n) is 3.14. The zero-order valence-electron chi connectivity index (χ0n) is 9.44. The molecule has 3 atom stereocenters. The van der Waals surface area contributed by atoms with E-state index in [1.807, 2.05) is 6.08 Å². The Balaban J connectivity index is 2.03. The maximum Gasteiger partial charge on any atom is 0.304 e. The van der Waals surface area contributed by atoms with Gasteiger partial charge in [-0.2, -0.15) is 0 Å². The van der Waals surface area contributed by atoms with Gasteiger partial charge in [-0.25, -0.2) is 12.7 Å². The Morgan fingerprint density at radius 3 is 2.71 bits per heavy atom. The van der Waals surface area contributed by atoms with Crippen LogP contribution in [0.3, 0.4) is 0 Å². The van der Waals surface area contributed by atoms with Gasteiger partial charge in [-0.15, -0.1) is 0 Å². The SMILES string of the molecule is CN(CCC(=O)O)S(=O)(=O)C1CC2C=CC1O2. The van der Waals surface area contributed by atoms with Crippen LogP contribution < -0.4 is 0 Å². The van der Waals surface area contributed by atoms with Gasteiger partial charge in [0.25, 0.3) is 0 Å². The molecule has 0 aromatic rings. The summed E-state index contributed by atoms with van der Waals surface area (Å²) in [5.41, 5.74) is 0. The first-order valence-electron chi connectivity index (χ1n) is 5.42. The Labute approximate surface area is 99.9 Å². The van der Waals surface area contributed by atoms with Gasteiger partial charge in [0, 0.05) is 13.6 Å². The Morgan fingerprint density at radius 1 is 1.53 bits per heavy atom. The van der Waals surface area contributed by atoms with Crippen molar-refractivity contribution in [2.75, 3.05) is 13.6 Å². The summed E-state index contributed by atoms with van der Waals surface area (Å²) in [6.07, 6.45) is 3.42. The highest BCUT2D eigenvalue weighted by atomic mass is 32.2. The molecule has 0 amide bonds. The number of hydrogen-bond acceptors (Lipinski definition) is 4. The lowest BCUT2D eigenvalue weighted by molar-refractivity contribution is -0.137. The molecule has 2 aliphatic rings. The van der Waals surface area contributed by atoms with E-state index in [4.69, 9.17) is 9.84 Å². The number of sulfonamides is 1. The normalized spacial score (nSPS) is 31.3. The Bertz CT molecular complexity index is 444. The second-order valence-electron chi connectivity index (χ2n) is 4.31. The monoisotopic (exact) mass is 261 g/mol. The van der Waals surface area contributed by atoms with Crippen LogP contribution >= 0.6 is 0 Å². The average molecular weight is 261 g/mol. The number of aliphatic carboxylic acids is 1. The molecule has 1 fully saturated rings. The fraction of sp³-hybridized carbons (Fsp3) is 0.700. The summed E-state index contributed by atoms with van der Waals surface area (Å²) < 4.78 is 30.8. The number of hydrogen-bond donors (Lipinski definition) is 1. The molecule has 2 heterocycles. The lowest BCUT2D eigenvalue weighted by Gasteiger charge is -2.23. The number of carboxylic acid groups (broad SMARTS) is 1. The molecule has 0 saturated carbocycles. The van der Waals surface area contributed by atoms with Gasteiger partial charge in [0.05, 0.1) is 18.6 Å². The van der Waals surface area contributed by atoms with E-state index in [9.17, 15) is 13.2 Å². The first-order chi connectivity index (χ1) is 7.91. The van der Waals surface area contributed by atoms with E-state index in [2.05, 4.69) is 0 Å². The molecule has 96 valence electrons. The number of ether oxygens (including phenoxy) is 1. The summed E-state index contributed by atoms with van der Waals surface area (Å²) in [7, 11) is -2.06. The van der Waals surface area contributed by atoms with Crippen molar-refractivity contribution < 1.29 is 23.1 Å². The van der Waals surface area contributed by atoms with E-state index < -0.39 is 21.2 Å². The van der Waals surface area contributed by atoms with Crippen molar-refractivity contribution in [2.24, 2.45) is 0 Å². The topological polar surface area (TPSA) is 83.9 Å². The van der Waals surface area contributed by atoms with Crippen molar-refractivity contribution in [3.8, 4) is 0 Å². The zero-order valence-corrected chi connectivity index (χ0v) is 10.3. The van der Waals surface area contributed by atoms with Crippen molar-refractivity contribution in [3.05, 3.63) is 12.2 Å².